The summed E-state index contributed by atoms with van der Waals surface area (Å²) < 4.78 is 24.8. The van der Waals surface area contributed by atoms with Gasteiger partial charge in [-0.25, -0.2) is 4.39 Å². The summed E-state index contributed by atoms with van der Waals surface area (Å²) in [7, 11) is 0. The molecule has 3 aliphatic rings. The minimum Gasteiger partial charge on any atom is -0.475 e. The van der Waals surface area contributed by atoms with Crippen LogP contribution in [0, 0.1) is 5.82 Å². The Bertz CT molecular complexity index is 1190. The summed E-state index contributed by atoms with van der Waals surface area (Å²) in [4.78, 5) is 36.0. The number of piperazine rings is 1. The molecule has 0 aliphatic carbocycles. The van der Waals surface area contributed by atoms with E-state index in [0.717, 1.165) is 45.0 Å². The van der Waals surface area contributed by atoms with Crippen LogP contribution in [0.5, 0.6) is 5.88 Å². The highest BCUT2D eigenvalue weighted by Gasteiger charge is 2.36. The number of nitrogens with one attached hydrogen (secondary N) is 2. The highest BCUT2D eigenvalue weighted by atomic mass is 19.1. The van der Waals surface area contributed by atoms with Gasteiger partial charge in [-0.1, -0.05) is 12.1 Å². The van der Waals surface area contributed by atoms with E-state index in [2.05, 4.69) is 33.9 Å². The van der Waals surface area contributed by atoms with Crippen LogP contribution in [0.2, 0.25) is 0 Å². The summed E-state index contributed by atoms with van der Waals surface area (Å²) in [6.45, 7) is 11.7. The zero-order valence-electron chi connectivity index (χ0n) is 22.4. The minimum atomic E-state index is -0.323. The van der Waals surface area contributed by atoms with E-state index in [9.17, 15) is 14.0 Å². The maximum absolute atomic E-state index is 13.9. The van der Waals surface area contributed by atoms with Gasteiger partial charge in [0, 0.05) is 56.3 Å². The molecule has 1 aromatic carbocycles. The number of nitrogens with zero attached hydrogens (tertiary/aromatic N) is 3. The molecule has 0 spiro atoms. The summed E-state index contributed by atoms with van der Waals surface area (Å²) in [6, 6.07) is 8.50. The average molecular weight is 528 g/mol. The lowest BCUT2D eigenvalue weighted by atomic mass is 10.0. The van der Waals surface area contributed by atoms with Gasteiger partial charge >= 0.3 is 0 Å². The molecule has 2 fully saturated rings. The van der Waals surface area contributed by atoms with E-state index in [0.29, 0.717) is 36.2 Å². The number of aromatic amines is 1. The van der Waals surface area contributed by atoms with E-state index >= 15 is 0 Å². The van der Waals surface area contributed by atoms with E-state index in [4.69, 9.17) is 9.47 Å². The third-order valence-electron chi connectivity index (χ3n) is 7.82. The number of H-pyrrole nitrogens is 1. The van der Waals surface area contributed by atoms with Crippen molar-refractivity contribution in [3.05, 3.63) is 57.6 Å². The molecule has 2 N–H and O–H groups in total. The van der Waals surface area contributed by atoms with Crippen LogP contribution in [-0.4, -0.2) is 97.4 Å². The molecule has 4 atom stereocenters. The number of morpholine rings is 1. The van der Waals surface area contributed by atoms with Crippen molar-refractivity contribution in [2.75, 3.05) is 57.4 Å². The lowest BCUT2D eigenvalue weighted by Crippen LogP contribution is -2.62. The van der Waals surface area contributed by atoms with Crippen LogP contribution in [0.15, 0.2) is 35.1 Å². The Balaban J connectivity index is 1.36. The van der Waals surface area contributed by atoms with Crippen LogP contribution in [0.1, 0.15) is 31.9 Å². The molecular weight excluding hydrogens is 489 g/mol. The third kappa shape index (κ3) is 5.93. The lowest BCUT2D eigenvalue weighted by molar-refractivity contribution is -0.121. The average Bonchev–Trinajstić information content (AvgIpc) is 2.89. The van der Waals surface area contributed by atoms with Gasteiger partial charge in [0.25, 0.3) is 5.56 Å². The third-order valence-corrected chi connectivity index (χ3v) is 7.82. The molecule has 38 heavy (non-hydrogen) atoms. The molecule has 2 saturated heterocycles. The van der Waals surface area contributed by atoms with Crippen LogP contribution in [0.3, 0.4) is 0 Å². The zero-order valence-corrected chi connectivity index (χ0v) is 22.4. The number of hydrogen-bond donors (Lipinski definition) is 2. The predicted octanol–water partition coefficient (Wildman–Crippen LogP) is 1.60. The fraction of sp³-hybridized carbons (Fsp3) is 0.571. The molecule has 4 heterocycles. The monoisotopic (exact) mass is 527 g/mol. The number of anilines is 1. The molecule has 0 unspecified atom stereocenters. The number of pyridine rings is 1. The van der Waals surface area contributed by atoms with Crippen LogP contribution in [0.25, 0.3) is 0 Å². The van der Waals surface area contributed by atoms with Gasteiger partial charge in [0.2, 0.25) is 11.8 Å². The standard InChI is InChI=1S/C28H38FN5O4/c1-18-13-33(24(12-30-18)14-32-8-9-37-16-19(32)2)15-26(35)34-20(3)17-38-28-25(34)11-22(27(36)31-28)10-21-4-6-23(29)7-5-21/h4-7,11,18-20,24,30H,8-10,12-17H2,1-3H3,(H,31,36)/t18-,19-,20+,24-/m1/s1. The van der Waals surface area contributed by atoms with Gasteiger partial charge in [0.05, 0.1) is 25.8 Å². The highest BCUT2D eigenvalue weighted by molar-refractivity contribution is 5.97. The van der Waals surface area contributed by atoms with Gasteiger partial charge in [-0.05, 0) is 44.5 Å². The van der Waals surface area contributed by atoms with E-state index < -0.39 is 0 Å². The van der Waals surface area contributed by atoms with Crippen molar-refractivity contribution in [2.45, 2.75) is 51.4 Å². The maximum Gasteiger partial charge on any atom is 0.254 e. The van der Waals surface area contributed by atoms with E-state index in [1.54, 1.807) is 23.1 Å². The second-order valence-electron chi connectivity index (χ2n) is 10.9. The number of aromatic nitrogens is 1. The molecule has 0 radical (unpaired) electrons. The Morgan fingerprint density at radius 1 is 1.11 bits per heavy atom. The van der Waals surface area contributed by atoms with Crippen LogP contribution in [-0.2, 0) is 16.0 Å². The topological polar surface area (TPSA) is 90.1 Å². The Hall–Kier alpha value is -2.79. The zero-order chi connectivity index (χ0) is 26.8. The maximum atomic E-state index is 13.9. The summed E-state index contributed by atoms with van der Waals surface area (Å²) >= 11 is 0. The molecule has 10 heteroatoms. The number of halogens is 1. The van der Waals surface area contributed by atoms with Gasteiger partial charge in [0.1, 0.15) is 18.1 Å². The van der Waals surface area contributed by atoms with Gasteiger partial charge in [-0.3, -0.25) is 24.4 Å². The number of amides is 1. The number of fused-ring (bicyclic) bond motifs is 1. The second kappa shape index (κ2) is 11.5. The van der Waals surface area contributed by atoms with Crippen molar-refractivity contribution in [3.63, 3.8) is 0 Å². The van der Waals surface area contributed by atoms with Crippen molar-refractivity contribution < 1.29 is 18.7 Å². The Morgan fingerprint density at radius 2 is 1.89 bits per heavy atom. The first-order chi connectivity index (χ1) is 18.3. The first kappa shape index (κ1) is 26.8. The number of carbonyl (C=O) groups excluding carboxylic acids is 1. The summed E-state index contributed by atoms with van der Waals surface area (Å²) in [5, 5.41) is 3.58. The Kier molecular flexibility index (Phi) is 8.13. The van der Waals surface area contributed by atoms with Crippen molar-refractivity contribution in [1.82, 2.24) is 20.1 Å². The summed E-state index contributed by atoms with van der Waals surface area (Å²) in [6.07, 6.45) is 0.328. The van der Waals surface area contributed by atoms with Crippen LogP contribution >= 0.6 is 0 Å². The first-order valence-corrected chi connectivity index (χ1v) is 13.5. The molecule has 5 rings (SSSR count). The van der Waals surface area contributed by atoms with Crippen LogP contribution in [0.4, 0.5) is 10.1 Å². The Morgan fingerprint density at radius 3 is 2.66 bits per heavy atom. The molecule has 1 aromatic heterocycles. The molecule has 0 saturated carbocycles. The second-order valence-corrected chi connectivity index (χ2v) is 10.9. The quantitative estimate of drug-likeness (QED) is 0.590. The van der Waals surface area contributed by atoms with Crippen molar-refractivity contribution in [3.8, 4) is 5.88 Å². The molecule has 206 valence electrons. The molecule has 9 nitrogen and oxygen atoms in total. The van der Waals surface area contributed by atoms with Crippen molar-refractivity contribution >= 4 is 11.6 Å². The predicted molar refractivity (Wildman–Crippen MR) is 143 cm³/mol. The summed E-state index contributed by atoms with van der Waals surface area (Å²) in [5.74, 6) is -0.0247. The number of rotatable bonds is 6. The fourth-order valence-corrected chi connectivity index (χ4v) is 5.64. The van der Waals surface area contributed by atoms with Crippen molar-refractivity contribution in [2.24, 2.45) is 0 Å². The normalized spacial score (nSPS) is 26.6. The molecule has 3 aliphatic heterocycles. The molecule has 2 aromatic rings. The first-order valence-electron chi connectivity index (χ1n) is 13.5. The summed E-state index contributed by atoms with van der Waals surface area (Å²) in [5.41, 5.74) is 1.62. The number of carbonyl (C=O) groups is 1. The molecule has 0 bridgehead atoms. The minimum absolute atomic E-state index is 0.0176. The van der Waals surface area contributed by atoms with E-state index in [-0.39, 0.29) is 42.0 Å². The van der Waals surface area contributed by atoms with Gasteiger partial charge in [0.15, 0.2) is 0 Å². The van der Waals surface area contributed by atoms with Gasteiger partial charge in [-0.2, -0.15) is 0 Å². The lowest BCUT2D eigenvalue weighted by Gasteiger charge is -2.44. The molecule has 1 amide bonds. The van der Waals surface area contributed by atoms with Gasteiger partial charge < -0.3 is 19.7 Å². The fourth-order valence-electron chi connectivity index (χ4n) is 5.64. The van der Waals surface area contributed by atoms with Gasteiger partial charge in [-0.15, -0.1) is 0 Å². The van der Waals surface area contributed by atoms with E-state index in [1.165, 1.54) is 12.1 Å². The smallest absolute Gasteiger partial charge is 0.254 e. The number of benzene rings is 1. The van der Waals surface area contributed by atoms with Crippen molar-refractivity contribution in [1.29, 1.82) is 0 Å². The molecular formula is C28H38FN5O4. The highest BCUT2D eigenvalue weighted by Crippen LogP contribution is 2.32. The SMILES string of the molecule is C[C@@H]1CN(CC(=O)N2c3cc(Cc4ccc(F)cc4)c(=O)[nH]c3OC[C@@H]2C)[C@@H](CN2CCOC[C@H]2C)CN1. The van der Waals surface area contributed by atoms with E-state index in [1.807, 2.05) is 6.92 Å². The van der Waals surface area contributed by atoms with Crippen LogP contribution < -0.4 is 20.5 Å². The Labute approximate surface area is 222 Å². The largest absolute Gasteiger partial charge is 0.475 e. The number of ether oxygens (including phenoxy) is 2. The number of hydrogen-bond acceptors (Lipinski definition) is 7.